The molecule has 5 rings (SSSR count). The Bertz CT molecular complexity index is 994. The number of nitrogens with one attached hydrogen (secondary N) is 1. The Morgan fingerprint density at radius 1 is 1.04 bits per heavy atom. The van der Waals surface area contributed by atoms with Gasteiger partial charge < -0.3 is 19.4 Å². The molecule has 1 atom stereocenters. The van der Waals surface area contributed by atoms with Crippen molar-refractivity contribution in [2.45, 2.75) is 25.3 Å². The summed E-state index contributed by atoms with van der Waals surface area (Å²) in [5, 5.41) is 0.979. The first-order chi connectivity index (χ1) is 13.3. The third-order valence-electron chi connectivity index (χ3n) is 5.49. The fraction of sp³-hybridized carbons (Fsp3) is 0.318. The van der Waals surface area contributed by atoms with Crippen molar-refractivity contribution in [1.29, 1.82) is 0 Å². The molecule has 3 aromatic rings. The van der Waals surface area contributed by atoms with Crippen LogP contribution in [0.5, 0.6) is 11.5 Å². The Kier molecular flexibility index (Phi) is 4.00. The van der Waals surface area contributed by atoms with Gasteiger partial charge >= 0.3 is 0 Å². The zero-order valence-corrected chi connectivity index (χ0v) is 15.1. The van der Waals surface area contributed by atoms with Gasteiger partial charge in [0.1, 0.15) is 0 Å². The van der Waals surface area contributed by atoms with E-state index >= 15 is 0 Å². The summed E-state index contributed by atoms with van der Waals surface area (Å²) in [5.41, 5.74) is 2.85. The van der Waals surface area contributed by atoms with Crippen LogP contribution in [0.2, 0.25) is 0 Å². The van der Waals surface area contributed by atoms with Gasteiger partial charge in [-0.1, -0.05) is 24.3 Å². The summed E-state index contributed by atoms with van der Waals surface area (Å²) in [4.78, 5) is 18.5. The predicted molar refractivity (Wildman–Crippen MR) is 103 cm³/mol. The van der Waals surface area contributed by atoms with Gasteiger partial charge in [-0.25, -0.2) is 0 Å². The molecule has 2 aromatic carbocycles. The number of aromatic amines is 1. The molecule has 2 aliphatic heterocycles. The van der Waals surface area contributed by atoms with Crippen LogP contribution in [-0.2, 0) is 0 Å². The first kappa shape index (κ1) is 16.2. The van der Waals surface area contributed by atoms with E-state index in [-0.39, 0.29) is 11.9 Å². The van der Waals surface area contributed by atoms with Gasteiger partial charge in [-0.05, 0) is 36.6 Å². The highest BCUT2D eigenvalue weighted by atomic mass is 16.5. The van der Waals surface area contributed by atoms with E-state index in [4.69, 9.17) is 9.47 Å². The number of rotatable bonds is 2. The van der Waals surface area contributed by atoms with Crippen molar-refractivity contribution < 1.29 is 14.3 Å². The molecule has 27 heavy (non-hydrogen) atoms. The number of benzene rings is 2. The zero-order valence-electron chi connectivity index (χ0n) is 15.1. The van der Waals surface area contributed by atoms with E-state index in [1.807, 2.05) is 47.5 Å². The number of aromatic nitrogens is 1. The van der Waals surface area contributed by atoms with Crippen molar-refractivity contribution in [3.63, 3.8) is 0 Å². The number of amides is 1. The molecule has 1 N–H and O–H groups in total. The summed E-state index contributed by atoms with van der Waals surface area (Å²) in [6, 6.07) is 14.1. The molecule has 0 spiro atoms. The molecule has 0 aliphatic carbocycles. The van der Waals surface area contributed by atoms with Crippen LogP contribution in [0.1, 0.15) is 41.2 Å². The summed E-state index contributed by atoms with van der Waals surface area (Å²) in [5.74, 6) is 1.67. The minimum atomic E-state index is 0.0725. The summed E-state index contributed by atoms with van der Waals surface area (Å²) >= 11 is 0. The van der Waals surface area contributed by atoms with Crippen molar-refractivity contribution in [3.05, 3.63) is 59.8 Å². The molecule has 138 valence electrons. The Labute approximate surface area is 157 Å². The third kappa shape index (κ3) is 2.83. The zero-order chi connectivity index (χ0) is 18.2. The molecule has 1 unspecified atom stereocenters. The highest BCUT2D eigenvalue weighted by molar-refractivity contribution is 6.06. The second-order valence-electron chi connectivity index (χ2n) is 7.16. The number of carbonyl (C=O) groups is 1. The highest BCUT2D eigenvalue weighted by Gasteiger charge is 2.32. The van der Waals surface area contributed by atoms with Gasteiger partial charge in [-0.2, -0.15) is 0 Å². The van der Waals surface area contributed by atoms with Gasteiger partial charge in [0, 0.05) is 30.1 Å². The minimum Gasteiger partial charge on any atom is -0.490 e. The molecule has 0 radical (unpaired) electrons. The lowest BCUT2D eigenvalue weighted by Crippen LogP contribution is -2.30. The van der Waals surface area contributed by atoms with Crippen molar-refractivity contribution >= 4 is 16.8 Å². The quantitative estimate of drug-likeness (QED) is 0.739. The molecule has 2 aliphatic rings. The van der Waals surface area contributed by atoms with Crippen LogP contribution in [0.15, 0.2) is 48.7 Å². The number of carbonyl (C=O) groups excluding carboxylic acids is 1. The van der Waals surface area contributed by atoms with E-state index < -0.39 is 0 Å². The molecular weight excluding hydrogens is 340 g/mol. The summed E-state index contributed by atoms with van der Waals surface area (Å²) in [7, 11) is 0. The maximum atomic E-state index is 13.3. The Morgan fingerprint density at radius 2 is 1.89 bits per heavy atom. The average Bonchev–Trinajstić information content (AvgIpc) is 3.29. The number of likely N-dealkylation sites (tertiary alicyclic amines) is 1. The first-order valence-corrected chi connectivity index (χ1v) is 9.58. The minimum absolute atomic E-state index is 0.0725. The van der Waals surface area contributed by atoms with E-state index in [1.165, 1.54) is 0 Å². The van der Waals surface area contributed by atoms with E-state index in [2.05, 4.69) is 11.1 Å². The third-order valence-corrected chi connectivity index (χ3v) is 5.49. The number of nitrogens with zero attached hydrogens (tertiary/aromatic N) is 1. The summed E-state index contributed by atoms with van der Waals surface area (Å²) in [6.45, 7) is 2.12. The molecule has 5 heteroatoms. The molecular formula is C22H22N2O3. The van der Waals surface area contributed by atoms with Crippen molar-refractivity contribution in [1.82, 2.24) is 9.88 Å². The number of hydrogen-bond acceptors (Lipinski definition) is 3. The molecule has 0 saturated carbocycles. The summed E-state index contributed by atoms with van der Waals surface area (Å²) < 4.78 is 11.6. The van der Waals surface area contributed by atoms with Crippen LogP contribution in [0.3, 0.4) is 0 Å². The monoisotopic (exact) mass is 362 g/mol. The van der Waals surface area contributed by atoms with Crippen molar-refractivity contribution in [2.75, 3.05) is 19.8 Å². The van der Waals surface area contributed by atoms with Gasteiger partial charge in [-0.15, -0.1) is 0 Å². The topological polar surface area (TPSA) is 54.6 Å². The smallest absolute Gasteiger partial charge is 0.256 e. The first-order valence-electron chi connectivity index (χ1n) is 9.58. The Balaban J connectivity index is 1.47. The fourth-order valence-electron chi connectivity index (χ4n) is 4.15. The van der Waals surface area contributed by atoms with Crippen LogP contribution in [-0.4, -0.2) is 35.5 Å². The second kappa shape index (κ2) is 6.65. The summed E-state index contributed by atoms with van der Waals surface area (Å²) in [6.07, 6.45) is 4.69. The normalized spacial score (nSPS) is 19.3. The van der Waals surface area contributed by atoms with E-state index in [9.17, 15) is 4.79 Å². The molecule has 3 heterocycles. The standard InChI is InChI=1S/C22H22N2O3/c25-22(17-14-23-18-6-2-1-5-16(17)18)24-10-3-7-19(24)15-8-9-20-21(13-15)27-12-4-11-26-20/h1-2,5-6,8-9,13-14,19,23H,3-4,7,10-12H2. The van der Waals surface area contributed by atoms with Crippen LogP contribution in [0.25, 0.3) is 10.9 Å². The maximum absolute atomic E-state index is 13.3. The van der Waals surface area contributed by atoms with Crippen LogP contribution >= 0.6 is 0 Å². The Morgan fingerprint density at radius 3 is 2.81 bits per heavy atom. The van der Waals surface area contributed by atoms with Gasteiger partial charge in [0.05, 0.1) is 24.8 Å². The predicted octanol–water partition coefficient (Wildman–Crippen LogP) is 4.31. The van der Waals surface area contributed by atoms with Crippen LogP contribution in [0.4, 0.5) is 0 Å². The SMILES string of the molecule is O=C(c1c[nH]c2ccccc12)N1CCCC1c1ccc2c(c1)OCCCO2. The lowest BCUT2D eigenvalue weighted by atomic mass is 10.0. The lowest BCUT2D eigenvalue weighted by molar-refractivity contribution is 0.0737. The largest absolute Gasteiger partial charge is 0.490 e. The molecule has 1 saturated heterocycles. The average molecular weight is 362 g/mol. The second-order valence-corrected chi connectivity index (χ2v) is 7.16. The number of fused-ring (bicyclic) bond motifs is 2. The molecule has 1 amide bonds. The van der Waals surface area contributed by atoms with E-state index in [1.54, 1.807) is 0 Å². The number of para-hydroxylation sites is 1. The van der Waals surface area contributed by atoms with E-state index in [0.717, 1.165) is 59.3 Å². The highest BCUT2D eigenvalue weighted by Crippen LogP contribution is 2.39. The lowest BCUT2D eigenvalue weighted by Gasteiger charge is -2.25. The molecule has 1 aromatic heterocycles. The van der Waals surface area contributed by atoms with Gasteiger partial charge in [0.2, 0.25) is 0 Å². The molecule has 0 bridgehead atoms. The Hall–Kier alpha value is -2.95. The van der Waals surface area contributed by atoms with Crippen molar-refractivity contribution in [2.24, 2.45) is 0 Å². The van der Waals surface area contributed by atoms with Gasteiger partial charge in [0.15, 0.2) is 11.5 Å². The van der Waals surface area contributed by atoms with Crippen LogP contribution < -0.4 is 9.47 Å². The van der Waals surface area contributed by atoms with Crippen LogP contribution in [0, 0.1) is 0 Å². The number of H-pyrrole nitrogens is 1. The van der Waals surface area contributed by atoms with E-state index in [0.29, 0.717) is 13.2 Å². The number of hydrogen-bond donors (Lipinski definition) is 1. The fourth-order valence-corrected chi connectivity index (χ4v) is 4.15. The van der Waals surface area contributed by atoms with Crippen molar-refractivity contribution in [3.8, 4) is 11.5 Å². The van der Waals surface area contributed by atoms with Gasteiger partial charge in [0.25, 0.3) is 5.91 Å². The number of ether oxygens (including phenoxy) is 2. The van der Waals surface area contributed by atoms with Gasteiger partial charge in [-0.3, -0.25) is 4.79 Å². The molecule has 1 fully saturated rings. The maximum Gasteiger partial charge on any atom is 0.256 e. The molecule has 5 nitrogen and oxygen atoms in total.